The number of rotatable bonds is 3. The monoisotopic (exact) mass is 277 g/mol. The predicted octanol–water partition coefficient (Wildman–Crippen LogP) is 3.96. The number of hydrogen-bond acceptors (Lipinski definition) is 1. The van der Waals surface area contributed by atoms with E-state index in [-0.39, 0.29) is 13.0 Å². The van der Waals surface area contributed by atoms with E-state index < -0.39 is 22.8 Å². The maximum Gasteiger partial charge on any atom is 0.416 e. The SMILES string of the molecule is CC(C)(C)C(F)(CN)Cc1ccc(C(F)(F)F)cc1. The highest BCUT2D eigenvalue weighted by Gasteiger charge is 2.41. The molecule has 108 valence electrons. The van der Waals surface area contributed by atoms with Gasteiger partial charge in [0.2, 0.25) is 0 Å². The summed E-state index contributed by atoms with van der Waals surface area (Å²) in [6, 6.07) is 4.54. The molecule has 2 N–H and O–H groups in total. The number of halogens is 4. The summed E-state index contributed by atoms with van der Waals surface area (Å²) in [4.78, 5) is 0. The van der Waals surface area contributed by atoms with Gasteiger partial charge in [-0.2, -0.15) is 13.2 Å². The van der Waals surface area contributed by atoms with Crippen LogP contribution < -0.4 is 5.73 Å². The molecule has 0 aromatic heterocycles. The highest BCUT2D eigenvalue weighted by Crippen LogP contribution is 2.37. The number of benzene rings is 1. The van der Waals surface area contributed by atoms with E-state index in [0.29, 0.717) is 5.56 Å². The zero-order valence-corrected chi connectivity index (χ0v) is 11.3. The van der Waals surface area contributed by atoms with Crippen LogP contribution in [0, 0.1) is 5.41 Å². The van der Waals surface area contributed by atoms with Crippen molar-refractivity contribution in [2.75, 3.05) is 6.54 Å². The van der Waals surface area contributed by atoms with Crippen LogP contribution in [-0.4, -0.2) is 12.2 Å². The van der Waals surface area contributed by atoms with Crippen molar-refractivity contribution in [1.29, 1.82) is 0 Å². The molecule has 1 aromatic carbocycles. The lowest BCUT2D eigenvalue weighted by molar-refractivity contribution is -0.137. The van der Waals surface area contributed by atoms with Crippen LogP contribution in [0.4, 0.5) is 17.6 Å². The fourth-order valence-corrected chi connectivity index (χ4v) is 1.78. The minimum Gasteiger partial charge on any atom is -0.327 e. The van der Waals surface area contributed by atoms with Gasteiger partial charge in [-0.25, -0.2) is 4.39 Å². The third-order valence-electron chi connectivity index (χ3n) is 3.43. The first-order chi connectivity index (χ1) is 8.49. The minimum atomic E-state index is -4.37. The van der Waals surface area contributed by atoms with Crippen LogP contribution in [-0.2, 0) is 12.6 Å². The zero-order valence-electron chi connectivity index (χ0n) is 11.3. The molecule has 0 aliphatic rings. The van der Waals surface area contributed by atoms with Crippen LogP contribution in [0.15, 0.2) is 24.3 Å². The third-order valence-corrected chi connectivity index (χ3v) is 3.43. The van der Waals surface area contributed by atoms with Gasteiger partial charge in [-0.1, -0.05) is 32.9 Å². The van der Waals surface area contributed by atoms with Crippen LogP contribution in [0.1, 0.15) is 31.9 Å². The van der Waals surface area contributed by atoms with Gasteiger partial charge >= 0.3 is 6.18 Å². The maximum atomic E-state index is 14.7. The molecule has 0 fully saturated rings. The average molecular weight is 277 g/mol. The van der Waals surface area contributed by atoms with Crippen molar-refractivity contribution in [3.8, 4) is 0 Å². The Labute approximate surface area is 110 Å². The number of hydrogen-bond donors (Lipinski definition) is 1. The Morgan fingerprint density at radius 1 is 0.947 bits per heavy atom. The number of alkyl halides is 4. The summed E-state index contributed by atoms with van der Waals surface area (Å²) >= 11 is 0. The van der Waals surface area contributed by atoms with Gasteiger partial charge in [0.1, 0.15) is 5.67 Å². The molecule has 1 unspecified atom stereocenters. The summed E-state index contributed by atoms with van der Waals surface area (Å²) < 4.78 is 52.0. The summed E-state index contributed by atoms with van der Waals surface area (Å²) in [5.74, 6) is 0. The van der Waals surface area contributed by atoms with Gasteiger partial charge in [0.25, 0.3) is 0 Å². The van der Waals surface area contributed by atoms with Crippen LogP contribution in [0.5, 0.6) is 0 Å². The standard InChI is InChI=1S/C14H19F4N/c1-12(2,3)13(15,9-19)8-10-4-6-11(7-5-10)14(16,17)18/h4-7H,8-9,19H2,1-3H3. The van der Waals surface area contributed by atoms with Crippen molar-refractivity contribution >= 4 is 0 Å². The van der Waals surface area contributed by atoms with E-state index in [9.17, 15) is 17.6 Å². The first kappa shape index (κ1) is 16.0. The van der Waals surface area contributed by atoms with Crippen molar-refractivity contribution in [3.05, 3.63) is 35.4 Å². The van der Waals surface area contributed by atoms with E-state index in [1.807, 2.05) is 0 Å². The molecule has 5 heteroatoms. The zero-order chi connectivity index (χ0) is 14.9. The van der Waals surface area contributed by atoms with E-state index in [1.165, 1.54) is 12.1 Å². The van der Waals surface area contributed by atoms with Crippen LogP contribution in [0.3, 0.4) is 0 Å². The Balaban J connectivity index is 2.95. The van der Waals surface area contributed by atoms with E-state index in [0.717, 1.165) is 12.1 Å². The first-order valence-electron chi connectivity index (χ1n) is 6.05. The number of nitrogens with two attached hydrogens (primary N) is 1. The van der Waals surface area contributed by atoms with Gasteiger partial charge in [0.15, 0.2) is 0 Å². The lowest BCUT2D eigenvalue weighted by Crippen LogP contribution is -2.47. The summed E-state index contributed by atoms with van der Waals surface area (Å²) in [5, 5.41) is 0. The topological polar surface area (TPSA) is 26.0 Å². The van der Waals surface area contributed by atoms with Crippen molar-refractivity contribution < 1.29 is 17.6 Å². The van der Waals surface area contributed by atoms with E-state index in [2.05, 4.69) is 0 Å². The van der Waals surface area contributed by atoms with Crippen LogP contribution in [0.2, 0.25) is 0 Å². The van der Waals surface area contributed by atoms with E-state index in [1.54, 1.807) is 20.8 Å². The maximum absolute atomic E-state index is 14.7. The van der Waals surface area contributed by atoms with E-state index in [4.69, 9.17) is 5.73 Å². The molecule has 19 heavy (non-hydrogen) atoms. The van der Waals surface area contributed by atoms with Crippen molar-refractivity contribution in [3.63, 3.8) is 0 Å². The molecule has 0 saturated carbocycles. The molecule has 1 nitrogen and oxygen atoms in total. The van der Waals surface area contributed by atoms with Crippen molar-refractivity contribution in [2.45, 2.75) is 39.0 Å². The molecule has 0 heterocycles. The smallest absolute Gasteiger partial charge is 0.327 e. The second-order valence-electron chi connectivity index (χ2n) is 5.79. The molecule has 0 saturated heterocycles. The highest BCUT2D eigenvalue weighted by atomic mass is 19.4. The molecule has 0 aliphatic carbocycles. The van der Waals surface area contributed by atoms with Gasteiger partial charge in [-0.3, -0.25) is 0 Å². The Bertz CT molecular complexity index is 417. The molecule has 0 bridgehead atoms. The molecule has 1 rings (SSSR count). The highest BCUT2D eigenvalue weighted by molar-refractivity contribution is 5.26. The van der Waals surface area contributed by atoms with Gasteiger partial charge in [0.05, 0.1) is 5.56 Å². The first-order valence-corrected chi connectivity index (χ1v) is 6.05. The van der Waals surface area contributed by atoms with Crippen molar-refractivity contribution in [1.82, 2.24) is 0 Å². The lowest BCUT2D eigenvalue weighted by Gasteiger charge is -2.37. The van der Waals surface area contributed by atoms with Crippen LogP contribution >= 0.6 is 0 Å². The molecular formula is C14H19F4N. The second kappa shape index (κ2) is 5.12. The molecular weight excluding hydrogens is 258 g/mol. The second-order valence-corrected chi connectivity index (χ2v) is 5.79. The molecule has 1 atom stereocenters. The molecule has 0 aliphatic heterocycles. The molecule has 0 spiro atoms. The van der Waals surface area contributed by atoms with Gasteiger partial charge in [0, 0.05) is 13.0 Å². The lowest BCUT2D eigenvalue weighted by atomic mass is 9.74. The summed E-state index contributed by atoms with van der Waals surface area (Å²) in [6.07, 6.45) is -4.37. The summed E-state index contributed by atoms with van der Waals surface area (Å²) in [7, 11) is 0. The van der Waals surface area contributed by atoms with Gasteiger partial charge in [-0.05, 0) is 23.1 Å². The largest absolute Gasteiger partial charge is 0.416 e. The Morgan fingerprint density at radius 2 is 1.42 bits per heavy atom. The fourth-order valence-electron chi connectivity index (χ4n) is 1.78. The van der Waals surface area contributed by atoms with Gasteiger partial charge < -0.3 is 5.73 Å². The molecule has 1 aromatic rings. The normalized spacial score (nSPS) is 16.2. The van der Waals surface area contributed by atoms with E-state index >= 15 is 0 Å². The van der Waals surface area contributed by atoms with Gasteiger partial charge in [-0.15, -0.1) is 0 Å². The summed E-state index contributed by atoms with van der Waals surface area (Å²) in [6.45, 7) is 5.01. The average Bonchev–Trinajstić information content (AvgIpc) is 2.27. The third kappa shape index (κ3) is 3.69. The Morgan fingerprint density at radius 3 is 1.74 bits per heavy atom. The quantitative estimate of drug-likeness (QED) is 0.831. The molecule has 0 amide bonds. The fraction of sp³-hybridized carbons (Fsp3) is 0.571. The Kier molecular flexibility index (Phi) is 4.30. The van der Waals surface area contributed by atoms with Crippen LogP contribution in [0.25, 0.3) is 0 Å². The molecule has 0 radical (unpaired) electrons. The predicted molar refractivity (Wildman–Crippen MR) is 67.5 cm³/mol. The minimum absolute atomic E-state index is 0.00510. The summed E-state index contributed by atoms with van der Waals surface area (Å²) in [5.41, 5.74) is 2.94. The Hall–Kier alpha value is -1.10. The van der Waals surface area contributed by atoms with Crippen molar-refractivity contribution in [2.24, 2.45) is 11.1 Å².